The van der Waals surface area contributed by atoms with Crippen molar-refractivity contribution in [1.82, 2.24) is 9.97 Å². The first kappa shape index (κ1) is 13.1. The largest absolute Gasteiger partial charge is 0.480 e. The Kier molecular flexibility index (Phi) is 4.04. The second-order valence-electron chi connectivity index (χ2n) is 3.64. The van der Waals surface area contributed by atoms with Crippen LogP contribution >= 0.6 is 27.5 Å². The van der Waals surface area contributed by atoms with Gasteiger partial charge in [-0.05, 0) is 40.5 Å². The first-order chi connectivity index (χ1) is 8.60. The lowest BCUT2D eigenvalue weighted by molar-refractivity contribution is 0.394. The number of aromatic nitrogens is 2. The molecule has 0 atom stereocenters. The van der Waals surface area contributed by atoms with Crippen LogP contribution in [-0.4, -0.2) is 17.1 Å². The summed E-state index contributed by atoms with van der Waals surface area (Å²) in [4.78, 5) is 8.38. The van der Waals surface area contributed by atoms with Gasteiger partial charge < -0.3 is 10.1 Å². The fourth-order valence-electron chi connectivity index (χ4n) is 1.40. The Hall–Kier alpha value is -1.33. The van der Waals surface area contributed by atoms with Gasteiger partial charge in [-0.2, -0.15) is 4.98 Å². The minimum Gasteiger partial charge on any atom is -0.480 e. The Morgan fingerprint density at radius 1 is 1.39 bits per heavy atom. The van der Waals surface area contributed by atoms with Crippen LogP contribution in [-0.2, 0) is 0 Å². The number of nitrogens with zero attached hydrogens (tertiary/aromatic N) is 2. The van der Waals surface area contributed by atoms with Crippen LogP contribution in [0.2, 0.25) is 5.02 Å². The molecule has 18 heavy (non-hydrogen) atoms. The molecule has 94 valence electrons. The Morgan fingerprint density at radius 2 is 2.17 bits per heavy atom. The molecule has 0 aliphatic heterocycles. The summed E-state index contributed by atoms with van der Waals surface area (Å²) in [6, 6.07) is 5.60. The Labute approximate surface area is 118 Å². The number of aryl methyl sites for hydroxylation is 1. The quantitative estimate of drug-likeness (QED) is 0.926. The summed E-state index contributed by atoms with van der Waals surface area (Å²) in [7, 11) is 1.56. The van der Waals surface area contributed by atoms with E-state index in [1.54, 1.807) is 13.3 Å². The number of methoxy groups -OCH3 is 1. The fourth-order valence-corrected chi connectivity index (χ4v) is 1.93. The molecule has 1 heterocycles. The monoisotopic (exact) mass is 327 g/mol. The summed E-state index contributed by atoms with van der Waals surface area (Å²) in [6.45, 7) is 1.98. The van der Waals surface area contributed by atoms with Crippen molar-refractivity contribution < 1.29 is 4.74 Å². The van der Waals surface area contributed by atoms with E-state index in [1.807, 2.05) is 25.1 Å². The summed E-state index contributed by atoms with van der Waals surface area (Å²) in [5.74, 6) is 0.938. The van der Waals surface area contributed by atoms with E-state index in [0.29, 0.717) is 21.3 Å². The molecule has 0 bridgehead atoms. The van der Waals surface area contributed by atoms with Crippen LogP contribution in [0.25, 0.3) is 0 Å². The van der Waals surface area contributed by atoms with Gasteiger partial charge in [-0.3, -0.25) is 0 Å². The minimum absolute atomic E-state index is 0.459. The maximum absolute atomic E-state index is 5.95. The minimum atomic E-state index is 0.459. The van der Waals surface area contributed by atoms with Gasteiger partial charge in [-0.1, -0.05) is 17.7 Å². The summed E-state index contributed by atoms with van der Waals surface area (Å²) in [5, 5.41) is 3.77. The maximum atomic E-state index is 5.95. The molecule has 0 spiro atoms. The number of anilines is 2. The number of halogens is 2. The molecular formula is C12H11BrClN3O. The van der Waals surface area contributed by atoms with Gasteiger partial charge in [0.2, 0.25) is 11.8 Å². The molecule has 0 saturated carbocycles. The molecule has 0 amide bonds. The molecule has 2 rings (SSSR count). The Morgan fingerprint density at radius 3 is 2.89 bits per heavy atom. The van der Waals surface area contributed by atoms with Gasteiger partial charge in [0.25, 0.3) is 0 Å². The van der Waals surface area contributed by atoms with E-state index in [0.717, 1.165) is 11.3 Å². The molecule has 6 heteroatoms. The third-order valence-electron chi connectivity index (χ3n) is 2.35. The predicted molar refractivity (Wildman–Crippen MR) is 75.8 cm³/mol. The van der Waals surface area contributed by atoms with Crippen LogP contribution in [0.4, 0.5) is 11.6 Å². The molecule has 1 N–H and O–H groups in total. The molecule has 2 aromatic rings. The topological polar surface area (TPSA) is 47.0 Å². The Balaban J connectivity index is 2.31. The van der Waals surface area contributed by atoms with E-state index < -0.39 is 0 Å². The first-order valence-corrected chi connectivity index (χ1v) is 6.37. The maximum Gasteiger partial charge on any atom is 0.232 e. The van der Waals surface area contributed by atoms with Crippen LogP contribution in [0.1, 0.15) is 5.56 Å². The second kappa shape index (κ2) is 5.54. The second-order valence-corrected chi connectivity index (χ2v) is 4.93. The number of hydrogen-bond donors (Lipinski definition) is 1. The zero-order valence-corrected chi connectivity index (χ0v) is 12.2. The zero-order chi connectivity index (χ0) is 13.1. The van der Waals surface area contributed by atoms with Crippen molar-refractivity contribution in [2.75, 3.05) is 12.4 Å². The fraction of sp³-hybridized carbons (Fsp3) is 0.167. The van der Waals surface area contributed by atoms with Crippen molar-refractivity contribution in [3.05, 3.63) is 39.5 Å². The number of rotatable bonds is 3. The lowest BCUT2D eigenvalue weighted by Gasteiger charge is -2.09. The van der Waals surface area contributed by atoms with Gasteiger partial charge in [0.05, 0.1) is 17.8 Å². The zero-order valence-electron chi connectivity index (χ0n) is 9.87. The summed E-state index contributed by atoms with van der Waals surface area (Å²) >= 11 is 9.26. The van der Waals surface area contributed by atoms with Crippen LogP contribution in [0.15, 0.2) is 28.9 Å². The number of hydrogen-bond acceptors (Lipinski definition) is 4. The highest BCUT2D eigenvalue weighted by Crippen LogP contribution is 2.26. The first-order valence-electron chi connectivity index (χ1n) is 5.20. The summed E-state index contributed by atoms with van der Waals surface area (Å²) < 4.78 is 5.82. The van der Waals surface area contributed by atoms with Crippen molar-refractivity contribution in [3.8, 4) is 5.88 Å². The smallest absolute Gasteiger partial charge is 0.232 e. The molecule has 0 fully saturated rings. The standard InChI is InChI=1S/C12H11BrClN3O/c1-7-3-4-8(14)5-10(7)16-12-15-6-9(13)11(17-12)18-2/h3-6H,1-2H3,(H,15,16,17). The molecule has 1 aromatic carbocycles. The van der Waals surface area contributed by atoms with Crippen molar-refractivity contribution in [2.24, 2.45) is 0 Å². The van der Waals surface area contributed by atoms with E-state index >= 15 is 0 Å². The average Bonchev–Trinajstić information content (AvgIpc) is 2.36. The van der Waals surface area contributed by atoms with E-state index in [4.69, 9.17) is 16.3 Å². The van der Waals surface area contributed by atoms with E-state index in [-0.39, 0.29) is 0 Å². The number of benzene rings is 1. The van der Waals surface area contributed by atoms with Gasteiger partial charge in [0, 0.05) is 10.7 Å². The third kappa shape index (κ3) is 2.91. The molecule has 0 aliphatic carbocycles. The summed E-state index contributed by atoms with van der Waals surface area (Å²) in [5.41, 5.74) is 1.93. The SMILES string of the molecule is COc1nc(Nc2cc(Cl)ccc2C)ncc1Br. The molecular weight excluding hydrogens is 318 g/mol. The van der Waals surface area contributed by atoms with Crippen molar-refractivity contribution in [1.29, 1.82) is 0 Å². The molecule has 0 unspecified atom stereocenters. The highest BCUT2D eigenvalue weighted by molar-refractivity contribution is 9.10. The highest BCUT2D eigenvalue weighted by atomic mass is 79.9. The number of nitrogens with one attached hydrogen (secondary N) is 1. The molecule has 4 nitrogen and oxygen atoms in total. The van der Waals surface area contributed by atoms with Crippen LogP contribution in [0.3, 0.4) is 0 Å². The van der Waals surface area contributed by atoms with Gasteiger partial charge in [0.15, 0.2) is 0 Å². The molecule has 0 saturated heterocycles. The highest BCUT2D eigenvalue weighted by Gasteiger charge is 2.06. The van der Waals surface area contributed by atoms with E-state index in [9.17, 15) is 0 Å². The third-order valence-corrected chi connectivity index (χ3v) is 3.13. The van der Waals surface area contributed by atoms with Crippen LogP contribution < -0.4 is 10.1 Å². The van der Waals surface area contributed by atoms with Crippen molar-refractivity contribution >= 4 is 39.2 Å². The van der Waals surface area contributed by atoms with Gasteiger partial charge >= 0.3 is 0 Å². The lowest BCUT2D eigenvalue weighted by atomic mass is 10.2. The van der Waals surface area contributed by atoms with Crippen LogP contribution in [0.5, 0.6) is 5.88 Å². The van der Waals surface area contributed by atoms with Crippen LogP contribution in [0, 0.1) is 6.92 Å². The van der Waals surface area contributed by atoms with Crippen molar-refractivity contribution in [2.45, 2.75) is 6.92 Å². The average molecular weight is 329 g/mol. The lowest BCUT2D eigenvalue weighted by Crippen LogP contribution is -2.00. The molecule has 1 aromatic heterocycles. The number of ether oxygens (including phenoxy) is 1. The van der Waals surface area contributed by atoms with Gasteiger partial charge in [-0.15, -0.1) is 0 Å². The normalized spacial score (nSPS) is 10.2. The summed E-state index contributed by atoms with van der Waals surface area (Å²) in [6.07, 6.45) is 1.63. The molecule has 0 radical (unpaired) electrons. The van der Waals surface area contributed by atoms with Gasteiger partial charge in [0.1, 0.15) is 0 Å². The molecule has 0 aliphatic rings. The Bertz CT molecular complexity index is 577. The van der Waals surface area contributed by atoms with Crippen molar-refractivity contribution in [3.63, 3.8) is 0 Å². The predicted octanol–water partition coefficient (Wildman–Crippen LogP) is 3.95. The van der Waals surface area contributed by atoms with Gasteiger partial charge in [-0.25, -0.2) is 4.98 Å². The van der Waals surface area contributed by atoms with E-state index in [1.165, 1.54) is 0 Å². The van der Waals surface area contributed by atoms with E-state index in [2.05, 4.69) is 31.2 Å².